The number of hydrogen-bond acceptors (Lipinski definition) is 1. The van der Waals surface area contributed by atoms with E-state index in [-0.39, 0.29) is 5.56 Å². The molecule has 1 aromatic rings. The van der Waals surface area contributed by atoms with Crippen molar-refractivity contribution in [3.8, 4) is 0 Å². The molecule has 0 fully saturated rings. The predicted octanol–water partition coefficient (Wildman–Crippen LogP) is 2.73. The fraction of sp³-hybridized carbons (Fsp3) is 0.300. The largest absolute Gasteiger partial charge is 0.294 e. The van der Waals surface area contributed by atoms with Gasteiger partial charge in [0.2, 0.25) is 0 Å². The highest BCUT2D eigenvalue weighted by Crippen LogP contribution is 2.15. The van der Waals surface area contributed by atoms with Crippen molar-refractivity contribution in [1.82, 2.24) is 0 Å². The molecule has 70 valence electrons. The predicted molar refractivity (Wildman–Crippen MR) is 45.7 cm³/mol. The van der Waals surface area contributed by atoms with Crippen LogP contribution in [0.25, 0.3) is 0 Å². The number of rotatable bonds is 2. The van der Waals surface area contributed by atoms with Crippen LogP contribution < -0.4 is 0 Å². The first-order valence-electron chi connectivity index (χ1n) is 4.05. The first-order valence-corrected chi connectivity index (χ1v) is 4.05. The molecule has 0 saturated heterocycles. The molecule has 0 saturated carbocycles. The maximum Gasteiger partial charge on any atom is 0.162 e. The summed E-state index contributed by atoms with van der Waals surface area (Å²) in [5.41, 5.74) is 0.109. The van der Waals surface area contributed by atoms with E-state index in [0.717, 1.165) is 12.1 Å². The molecule has 0 radical (unpaired) electrons. The van der Waals surface area contributed by atoms with Crippen LogP contribution >= 0.6 is 0 Å². The van der Waals surface area contributed by atoms with Crippen LogP contribution in [-0.4, -0.2) is 5.78 Å². The average molecular weight is 184 g/mol. The summed E-state index contributed by atoms with van der Waals surface area (Å²) in [6.07, 6.45) is 0.418. The lowest BCUT2D eigenvalue weighted by Gasteiger charge is -2.03. The van der Waals surface area contributed by atoms with Crippen molar-refractivity contribution >= 4 is 5.78 Å². The second kappa shape index (κ2) is 3.64. The topological polar surface area (TPSA) is 17.1 Å². The van der Waals surface area contributed by atoms with Crippen molar-refractivity contribution in [2.24, 2.45) is 0 Å². The van der Waals surface area contributed by atoms with E-state index in [4.69, 9.17) is 0 Å². The van der Waals surface area contributed by atoms with Gasteiger partial charge in [-0.05, 0) is 31.0 Å². The highest BCUT2D eigenvalue weighted by atomic mass is 19.1. The summed E-state index contributed by atoms with van der Waals surface area (Å²) in [5.74, 6) is -1.63. The van der Waals surface area contributed by atoms with E-state index in [1.165, 1.54) is 6.92 Å². The minimum atomic E-state index is -0.647. The van der Waals surface area contributed by atoms with E-state index in [0.29, 0.717) is 12.0 Å². The first kappa shape index (κ1) is 9.84. The second-order valence-corrected chi connectivity index (χ2v) is 2.83. The average Bonchev–Trinajstić information content (AvgIpc) is 2.07. The van der Waals surface area contributed by atoms with Gasteiger partial charge in [0.1, 0.15) is 11.6 Å². The molecule has 0 amide bonds. The lowest BCUT2D eigenvalue weighted by Crippen LogP contribution is -2.00. The molecule has 0 bridgehead atoms. The van der Waals surface area contributed by atoms with Gasteiger partial charge >= 0.3 is 0 Å². The van der Waals surface area contributed by atoms with Crippen LogP contribution in [0.5, 0.6) is 0 Å². The fourth-order valence-electron chi connectivity index (χ4n) is 1.13. The maximum absolute atomic E-state index is 13.1. The van der Waals surface area contributed by atoms with Crippen LogP contribution in [0.15, 0.2) is 12.1 Å². The van der Waals surface area contributed by atoms with E-state index >= 15 is 0 Å². The molecule has 13 heavy (non-hydrogen) atoms. The molecule has 0 aliphatic heterocycles. The monoisotopic (exact) mass is 184 g/mol. The van der Waals surface area contributed by atoms with Crippen LogP contribution in [0.3, 0.4) is 0 Å². The number of carbonyl (C=O) groups is 1. The van der Waals surface area contributed by atoms with Gasteiger partial charge in [-0.3, -0.25) is 4.79 Å². The third-order valence-corrected chi connectivity index (χ3v) is 1.90. The Labute approximate surface area is 75.4 Å². The molecular weight excluding hydrogens is 174 g/mol. The third kappa shape index (κ3) is 1.91. The van der Waals surface area contributed by atoms with E-state index in [2.05, 4.69) is 0 Å². The summed E-state index contributed by atoms with van der Waals surface area (Å²) in [7, 11) is 0. The summed E-state index contributed by atoms with van der Waals surface area (Å²) in [6, 6.07) is 2.03. The zero-order valence-corrected chi connectivity index (χ0v) is 7.53. The molecule has 0 unspecified atom stereocenters. The summed E-state index contributed by atoms with van der Waals surface area (Å²) >= 11 is 0. The minimum absolute atomic E-state index is 0.185. The number of aryl methyl sites for hydroxylation is 1. The smallest absolute Gasteiger partial charge is 0.162 e. The van der Waals surface area contributed by atoms with Gasteiger partial charge in [0.05, 0.1) is 5.56 Å². The van der Waals surface area contributed by atoms with Crippen molar-refractivity contribution in [1.29, 1.82) is 0 Å². The Kier molecular flexibility index (Phi) is 2.76. The zero-order chi connectivity index (χ0) is 10.0. The van der Waals surface area contributed by atoms with E-state index in [1.807, 2.05) is 0 Å². The Hall–Kier alpha value is -1.25. The number of benzene rings is 1. The molecule has 0 spiro atoms. The molecule has 0 aromatic heterocycles. The zero-order valence-electron chi connectivity index (χ0n) is 7.53. The first-order chi connectivity index (χ1) is 6.06. The summed E-state index contributed by atoms with van der Waals surface area (Å²) in [4.78, 5) is 10.8. The van der Waals surface area contributed by atoms with Crippen molar-refractivity contribution in [2.45, 2.75) is 20.3 Å². The van der Waals surface area contributed by atoms with Gasteiger partial charge < -0.3 is 0 Å². The Bertz CT molecular complexity index is 345. The summed E-state index contributed by atoms with van der Waals surface area (Å²) in [5, 5.41) is 0. The molecule has 0 atom stereocenters. The van der Waals surface area contributed by atoms with Crippen LogP contribution in [0.1, 0.15) is 29.8 Å². The summed E-state index contributed by atoms with van der Waals surface area (Å²) in [6.45, 7) is 2.94. The normalized spacial score (nSPS) is 10.2. The molecule has 0 aliphatic carbocycles. The Morgan fingerprint density at radius 2 is 1.92 bits per heavy atom. The Morgan fingerprint density at radius 1 is 1.31 bits per heavy atom. The standard InChI is InChI=1S/C10H10F2O/c1-3-7-4-10(12)8(6(2)13)5-9(7)11/h4-5H,3H2,1-2H3. The third-order valence-electron chi connectivity index (χ3n) is 1.90. The lowest BCUT2D eigenvalue weighted by atomic mass is 10.1. The van der Waals surface area contributed by atoms with Crippen molar-refractivity contribution in [3.63, 3.8) is 0 Å². The molecule has 1 aromatic carbocycles. The number of Topliss-reactive ketones (excluding diaryl/α,β-unsaturated/α-hetero) is 1. The van der Waals surface area contributed by atoms with Crippen LogP contribution in [-0.2, 0) is 6.42 Å². The van der Waals surface area contributed by atoms with Gasteiger partial charge in [0.15, 0.2) is 5.78 Å². The SMILES string of the molecule is CCc1cc(F)c(C(C)=O)cc1F. The number of halogens is 2. The van der Waals surface area contributed by atoms with Crippen LogP contribution in [0.2, 0.25) is 0 Å². The summed E-state index contributed by atoms with van der Waals surface area (Å²) < 4.78 is 26.2. The van der Waals surface area contributed by atoms with Gasteiger partial charge in [-0.1, -0.05) is 6.92 Å². The highest BCUT2D eigenvalue weighted by molar-refractivity contribution is 5.94. The molecule has 1 rings (SSSR count). The molecule has 3 heteroatoms. The second-order valence-electron chi connectivity index (χ2n) is 2.83. The Balaban J connectivity index is 3.28. The van der Waals surface area contributed by atoms with Gasteiger partial charge in [0, 0.05) is 0 Å². The van der Waals surface area contributed by atoms with Gasteiger partial charge in [-0.2, -0.15) is 0 Å². The molecule has 1 nitrogen and oxygen atoms in total. The van der Waals surface area contributed by atoms with E-state index in [1.54, 1.807) is 6.92 Å². The van der Waals surface area contributed by atoms with Gasteiger partial charge in [0.25, 0.3) is 0 Å². The van der Waals surface area contributed by atoms with Gasteiger partial charge in [-0.15, -0.1) is 0 Å². The van der Waals surface area contributed by atoms with Gasteiger partial charge in [-0.25, -0.2) is 8.78 Å². The number of ketones is 1. The van der Waals surface area contributed by atoms with Crippen LogP contribution in [0.4, 0.5) is 8.78 Å². The van der Waals surface area contributed by atoms with Crippen molar-refractivity contribution in [2.75, 3.05) is 0 Å². The molecular formula is C10H10F2O. The molecule has 0 heterocycles. The Morgan fingerprint density at radius 3 is 2.38 bits per heavy atom. The highest BCUT2D eigenvalue weighted by Gasteiger charge is 2.11. The van der Waals surface area contributed by atoms with E-state index in [9.17, 15) is 13.6 Å². The van der Waals surface area contributed by atoms with Crippen molar-refractivity contribution in [3.05, 3.63) is 34.9 Å². The fourth-order valence-corrected chi connectivity index (χ4v) is 1.13. The molecule has 0 aliphatic rings. The lowest BCUT2D eigenvalue weighted by molar-refractivity contribution is 0.101. The maximum atomic E-state index is 13.1. The van der Waals surface area contributed by atoms with Crippen molar-refractivity contribution < 1.29 is 13.6 Å². The minimum Gasteiger partial charge on any atom is -0.294 e. The van der Waals surface area contributed by atoms with Crippen LogP contribution in [0, 0.1) is 11.6 Å². The quantitative estimate of drug-likeness (QED) is 0.646. The van der Waals surface area contributed by atoms with E-state index < -0.39 is 17.4 Å². The molecule has 0 N–H and O–H groups in total. The number of hydrogen-bond donors (Lipinski definition) is 0. The number of carbonyl (C=O) groups excluding carboxylic acids is 1.